The number of benzene rings is 2. The third kappa shape index (κ3) is 1.59. The normalized spacial score (nSPS) is 10.6. The van der Waals surface area contributed by atoms with E-state index >= 15 is 0 Å². The zero-order valence-corrected chi connectivity index (χ0v) is 11.5. The molecular weight excluding hydrogens is 311 g/mol. The second-order valence-corrected chi connectivity index (χ2v) is 4.03. The van der Waals surface area contributed by atoms with Crippen molar-refractivity contribution in [3.63, 3.8) is 0 Å². The van der Waals surface area contributed by atoms with E-state index in [1.807, 2.05) is 0 Å². The summed E-state index contributed by atoms with van der Waals surface area (Å²) in [6.45, 7) is 0. The van der Waals surface area contributed by atoms with E-state index in [1.165, 1.54) is 21.8 Å². The van der Waals surface area contributed by atoms with E-state index in [-0.39, 0.29) is 24.0 Å². The van der Waals surface area contributed by atoms with Crippen LogP contribution < -0.4 is 28.5 Å². The molecule has 0 amide bonds. The Morgan fingerprint density at radius 3 is 2.38 bits per heavy atom. The Morgan fingerprint density at radius 1 is 1.06 bits per heavy atom. The number of aryl methyl sites for hydroxylation is 2. The molecule has 2 aromatic carbocycles. The SMILES string of the molecule is Cn1c[n+](C)c2cc3ccccc3cc21.[I-]. The fourth-order valence-corrected chi connectivity index (χ4v) is 2.17. The number of halogens is 1. The first-order chi connectivity index (χ1) is 7.25. The number of fused-ring (bicyclic) bond motifs is 2. The van der Waals surface area contributed by atoms with Crippen molar-refractivity contribution >= 4 is 21.8 Å². The summed E-state index contributed by atoms with van der Waals surface area (Å²) in [6.07, 6.45) is 2.10. The number of aromatic nitrogens is 2. The van der Waals surface area contributed by atoms with Gasteiger partial charge in [-0.05, 0) is 22.9 Å². The van der Waals surface area contributed by atoms with Crippen LogP contribution in [0.1, 0.15) is 0 Å². The average Bonchev–Trinajstić information content (AvgIpc) is 2.52. The molecule has 82 valence electrons. The van der Waals surface area contributed by atoms with Crippen molar-refractivity contribution in [3.05, 3.63) is 42.7 Å². The number of rotatable bonds is 0. The second-order valence-electron chi connectivity index (χ2n) is 4.03. The zero-order valence-electron chi connectivity index (χ0n) is 9.31. The summed E-state index contributed by atoms with van der Waals surface area (Å²) in [4.78, 5) is 0. The highest BCUT2D eigenvalue weighted by Gasteiger charge is 2.10. The minimum absolute atomic E-state index is 0. The Balaban J connectivity index is 0.000000963. The maximum absolute atomic E-state index is 2.24. The van der Waals surface area contributed by atoms with Gasteiger partial charge >= 0.3 is 0 Å². The van der Waals surface area contributed by atoms with E-state index in [0.29, 0.717) is 0 Å². The molecule has 16 heavy (non-hydrogen) atoms. The van der Waals surface area contributed by atoms with Gasteiger partial charge in [-0.2, -0.15) is 0 Å². The van der Waals surface area contributed by atoms with Gasteiger partial charge in [0.15, 0.2) is 11.0 Å². The summed E-state index contributed by atoms with van der Waals surface area (Å²) in [5.74, 6) is 0. The maximum atomic E-state index is 2.24. The van der Waals surface area contributed by atoms with Crippen LogP contribution >= 0.6 is 0 Å². The Hall–Kier alpha value is -1.10. The van der Waals surface area contributed by atoms with Crippen LogP contribution in [-0.4, -0.2) is 4.57 Å². The molecule has 0 aliphatic heterocycles. The minimum Gasteiger partial charge on any atom is -1.00 e. The quantitative estimate of drug-likeness (QED) is 0.377. The maximum Gasteiger partial charge on any atom is 0.244 e. The summed E-state index contributed by atoms with van der Waals surface area (Å²) < 4.78 is 4.31. The molecule has 0 N–H and O–H groups in total. The van der Waals surface area contributed by atoms with Gasteiger partial charge in [-0.25, -0.2) is 9.13 Å². The topological polar surface area (TPSA) is 8.81 Å². The van der Waals surface area contributed by atoms with E-state index in [9.17, 15) is 0 Å². The van der Waals surface area contributed by atoms with Gasteiger partial charge in [-0.1, -0.05) is 24.3 Å². The lowest BCUT2D eigenvalue weighted by Gasteiger charge is -1.96. The standard InChI is InChI=1S/C13H13N2.HI/c1-14-9-15(2)13-8-11-6-4-3-5-10(11)7-12(13)14;/h3-9H,1-2H3;1H/q+1;/p-1. The van der Waals surface area contributed by atoms with Gasteiger partial charge < -0.3 is 24.0 Å². The van der Waals surface area contributed by atoms with Gasteiger partial charge in [0.2, 0.25) is 6.33 Å². The third-order valence-electron chi connectivity index (χ3n) is 2.95. The molecule has 0 atom stereocenters. The van der Waals surface area contributed by atoms with Crippen LogP contribution in [0.5, 0.6) is 0 Å². The molecule has 2 nitrogen and oxygen atoms in total. The third-order valence-corrected chi connectivity index (χ3v) is 2.95. The summed E-state index contributed by atoms with van der Waals surface area (Å²) >= 11 is 0. The highest BCUT2D eigenvalue weighted by atomic mass is 127. The lowest BCUT2D eigenvalue weighted by molar-refractivity contribution is -0.645. The van der Waals surface area contributed by atoms with Crippen LogP contribution in [0.2, 0.25) is 0 Å². The van der Waals surface area contributed by atoms with Crippen LogP contribution in [0, 0.1) is 0 Å². The highest BCUT2D eigenvalue weighted by molar-refractivity contribution is 5.93. The van der Waals surface area contributed by atoms with Crippen molar-refractivity contribution in [1.82, 2.24) is 4.57 Å². The Morgan fingerprint density at radius 2 is 1.69 bits per heavy atom. The number of hydrogen-bond donors (Lipinski definition) is 0. The molecule has 0 radical (unpaired) electrons. The van der Waals surface area contributed by atoms with E-state index in [2.05, 4.69) is 66.0 Å². The molecule has 0 aliphatic carbocycles. The molecular formula is C13H13IN2. The predicted molar refractivity (Wildman–Crippen MR) is 61.6 cm³/mol. The van der Waals surface area contributed by atoms with E-state index in [1.54, 1.807) is 0 Å². The van der Waals surface area contributed by atoms with Crippen molar-refractivity contribution in [2.45, 2.75) is 0 Å². The molecule has 3 rings (SSSR count). The largest absolute Gasteiger partial charge is 1.00 e. The number of hydrogen-bond acceptors (Lipinski definition) is 0. The van der Waals surface area contributed by atoms with Gasteiger partial charge in [0.1, 0.15) is 0 Å². The molecule has 1 heterocycles. The van der Waals surface area contributed by atoms with Crippen LogP contribution in [0.25, 0.3) is 21.8 Å². The lowest BCUT2D eigenvalue weighted by atomic mass is 10.1. The zero-order chi connectivity index (χ0) is 10.4. The van der Waals surface area contributed by atoms with Crippen LogP contribution in [0.3, 0.4) is 0 Å². The molecule has 0 fully saturated rings. The highest BCUT2D eigenvalue weighted by Crippen LogP contribution is 2.20. The molecule has 1 aromatic heterocycles. The Labute approximate surface area is 112 Å². The van der Waals surface area contributed by atoms with E-state index in [0.717, 1.165) is 0 Å². The first-order valence-corrected chi connectivity index (χ1v) is 5.09. The minimum atomic E-state index is 0. The van der Waals surface area contributed by atoms with Crippen molar-refractivity contribution in [2.24, 2.45) is 14.1 Å². The molecule has 0 saturated heterocycles. The van der Waals surface area contributed by atoms with Crippen molar-refractivity contribution in [1.29, 1.82) is 0 Å². The predicted octanol–water partition coefficient (Wildman–Crippen LogP) is -0.840. The van der Waals surface area contributed by atoms with Crippen molar-refractivity contribution < 1.29 is 28.5 Å². The number of imidazole rings is 1. The van der Waals surface area contributed by atoms with Gasteiger partial charge in [0.05, 0.1) is 14.1 Å². The van der Waals surface area contributed by atoms with E-state index < -0.39 is 0 Å². The van der Waals surface area contributed by atoms with Crippen molar-refractivity contribution in [3.8, 4) is 0 Å². The Kier molecular flexibility index (Phi) is 2.88. The van der Waals surface area contributed by atoms with Crippen LogP contribution in [0.4, 0.5) is 0 Å². The Bertz CT molecular complexity index is 600. The van der Waals surface area contributed by atoms with Crippen LogP contribution in [0.15, 0.2) is 42.7 Å². The lowest BCUT2D eigenvalue weighted by Crippen LogP contribution is -3.00. The average molecular weight is 324 g/mol. The summed E-state index contributed by atoms with van der Waals surface area (Å²) in [6, 6.07) is 13.0. The summed E-state index contributed by atoms with van der Waals surface area (Å²) in [5.41, 5.74) is 2.55. The first-order valence-electron chi connectivity index (χ1n) is 5.09. The first kappa shape index (κ1) is 11.4. The van der Waals surface area contributed by atoms with E-state index in [4.69, 9.17) is 0 Å². The molecule has 3 aromatic rings. The number of nitrogens with zero attached hydrogens (tertiary/aromatic N) is 2. The van der Waals surface area contributed by atoms with Crippen LogP contribution in [-0.2, 0) is 14.1 Å². The molecule has 0 saturated carbocycles. The second kappa shape index (κ2) is 4.05. The van der Waals surface area contributed by atoms with Gasteiger partial charge in [-0.15, -0.1) is 0 Å². The molecule has 0 aliphatic rings. The molecule has 3 heteroatoms. The van der Waals surface area contributed by atoms with Gasteiger partial charge in [0, 0.05) is 0 Å². The van der Waals surface area contributed by atoms with Gasteiger partial charge in [-0.3, -0.25) is 0 Å². The summed E-state index contributed by atoms with van der Waals surface area (Å²) in [5, 5.41) is 2.60. The molecule has 0 bridgehead atoms. The molecule has 0 spiro atoms. The van der Waals surface area contributed by atoms with Crippen molar-refractivity contribution in [2.75, 3.05) is 0 Å². The monoisotopic (exact) mass is 324 g/mol. The summed E-state index contributed by atoms with van der Waals surface area (Å²) in [7, 11) is 4.16. The fourth-order valence-electron chi connectivity index (χ4n) is 2.17. The smallest absolute Gasteiger partial charge is 0.244 e. The molecule has 0 unspecified atom stereocenters. The fraction of sp³-hybridized carbons (Fsp3) is 0.154. The van der Waals surface area contributed by atoms with Gasteiger partial charge in [0.25, 0.3) is 0 Å².